The van der Waals surface area contributed by atoms with Crippen molar-refractivity contribution in [2.45, 2.75) is 32.6 Å². The predicted octanol–water partition coefficient (Wildman–Crippen LogP) is 3.87. The van der Waals surface area contributed by atoms with E-state index in [9.17, 15) is 0 Å². The summed E-state index contributed by atoms with van der Waals surface area (Å²) in [5.41, 5.74) is 1.39. The molecule has 0 saturated carbocycles. The molecule has 2 rings (SSSR count). The highest BCUT2D eigenvalue weighted by atomic mass is 32.2. The van der Waals surface area contributed by atoms with Crippen molar-refractivity contribution in [3.8, 4) is 0 Å². The van der Waals surface area contributed by atoms with Gasteiger partial charge in [0.15, 0.2) is 0 Å². The molecular weight excluding hydrogens is 240 g/mol. The summed E-state index contributed by atoms with van der Waals surface area (Å²) in [6.45, 7) is 12.4. The van der Waals surface area contributed by atoms with Gasteiger partial charge in [0.25, 0.3) is 0 Å². The maximum Gasteiger partial charge on any atom is 0.0505 e. The van der Waals surface area contributed by atoms with Crippen molar-refractivity contribution in [2.75, 3.05) is 37.3 Å². The van der Waals surface area contributed by atoms with E-state index in [2.05, 4.69) is 40.7 Å². The Balaban J connectivity index is 0.000000659. The van der Waals surface area contributed by atoms with Crippen molar-refractivity contribution < 1.29 is 0 Å². The van der Waals surface area contributed by atoms with E-state index in [0.717, 1.165) is 26.2 Å². The summed E-state index contributed by atoms with van der Waals surface area (Å²) in [7, 11) is 0. The first-order chi connectivity index (χ1) is 8.92. The van der Waals surface area contributed by atoms with E-state index in [1.54, 1.807) is 0 Å². The minimum atomic E-state index is 1.10. The van der Waals surface area contributed by atoms with E-state index in [1.165, 1.54) is 10.6 Å². The SMILES string of the molecule is CC.CC.CSc1ccccc1N1CCNCC1. The molecule has 0 aliphatic carbocycles. The molecule has 104 valence electrons. The van der Waals surface area contributed by atoms with Crippen LogP contribution in [0.5, 0.6) is 0 Å². The Morgan fingerprint density at radius 1 is 1.00 bits per heavy atom. The minimum Gasteiger partial charge on any atom is -0.368 e. The molecule has 2 nitrogen and oxygen atoms in total. The average Bonchev–Trinajstić information content (AvgIpc) is 2.52. The molecule has 1 aliphatic heterocycles. The first-order valence-electron chi connectivity index (χ1n) is 7.00. The van der Waals surface area contributed by atoms with Gasteiger partial charge in [0, 0.05) is 31.1 Å². The lowest BCUT2D eigenvalue weighted by atomic mass is 10.2. The fraction of sp³-hybridized carbons (Fsp3) is 0.600. The number of piperazine rings is 1. The van der Waals surface area contributed by atoms with Crippen LogP contribution in [-0.2, 0) is 0 Å². The van der Waals surface area contributed by atoms with Crippen LogP contribution in [-0.4, -0.2) is 32.4 Å². The molecule has 3 heteroatoms. The zero-order valence-corrected chi connectivity index (χ0v) is 13.3. The Bertz CT molecular complexity index is 296. The first kappa shape index (κ1) is 17.3. The lowest BCUT2D eigenvalue weighted by Crippen LogP contribution is -2.43. The summed E-state index contributed by atoms with van der Waals surface area (Å²) >= 11 is 1.83. The van der Waals surface area contributed by atoms with Crippen LogP contribution >= 0.6 is 11.8 Å². The molecular formula is C15H28N2S. The van der Waals surface area contributed by atoms with Crippen molar-refractivity contribution >= 4 is 17.4 Å². The number of thioether (sulfide) groups is 1. The Labute approximate surface area is 117 Å². The summed E-state index contributed by atoms with van der Waals surface area (Å²) in [5, 5.41) is 3.37. The number of anilines is 1. The molecule has 0 aromatic heterocycles. The van der Waals surface area contributed by atoms with Crippen LogP contribution in [0.3, 0.4) is 0 Å². The second-order valence-electron chi connectivity index (χ2n) is 3.41. The molecule has 1 heterocycles. The number of nitrogens with one attached hydrogen (secondary N) is 1. The van der Waals surface area contributed by atoms with Crippen molar-refractivity contribution in [1.29, 1.82) is 0 Å². The third-order valence-electron chi connectivity index (χ3n) is 2.54. The molecule has 0 radical (unpaired) electrons. The zero-order valence-electron chi connectivity index (χ0n) is 12.5. The summed E-state index contributed by atoms with van der Waals surface area (Å²) in [6, 6.07) is 8.65. The van der Waals surface area contributed by atoms with Crippen molar-refractivity contribution in [3.63, 3.8) is 0 Å². The van der Waals surface area contributed by atoms with Gasteiger partial charge in [-0.15, -0.1) is 11.8 Å². The largest absolute Gasteiger partial charge is 0.368 e. The fourth-order valence-corrected chi connectivity index (χ4v) is 2.42. The molecule has 0 unspecified atom stereocenters. The van der Waals surface area contributed by atoms with Crippen molar-refractivity contribution in [3.05, 3.63) is 24.3 Å². The van der Waals surface area contributed by atoms with Gasteiger partial charge in [0.2, 0.25) is 0 Å². The maximum atomic E-state index is 3.37. The summed E-state index contributed by atoms with van der Waals surface area (Å²) in [6.07, 6.45) is 2.14. The van der Waals surface area contributed by atoms with E-state index in [0.29, 0.717) is 0 Å². The fourth-order valence-electron chi connectivity index (χ4n) is 1.80. The number of hydrogen-bond acceptors (Lipinski definition) is 3. The van der Waals surface area contributed by atoms with E-state index in [4.69, 9.17) is 0 Å². The number of nitrogens with zero attached hydrogens (tertiary/aromatic N) is 1. The molecule has 1 saturated heterocycles. The molecule has 1 aromatic rings. The van der Waals surface area contributed by atoms with Crippen LogP contribution in [0.25, 0.3) is 0 Å². The maximum absolute atomic E-state index is 3.37. The Morgan fingerprint density at radius 3 is 2.11 bits per heavy atom. The Kier molecular flexibility index (Phi) is 11.0. The van der Waals surface area contributed by atoms with Crippen LogP contribution < -0.4 is 10.2 Å². The zero-order chi connectivity index (χ0) is 13.8. The van der Waals surface area contributed by atoms with Crippen LogP contribution in [0.15, 0.2) is 29.2 Å². The van der Waals surface area contributed by atoms with Gasteiger partial charge in [-0.2, -0.15) is 0 Å². The minimum absolute atomic E-state index is 1.10. The van der Waals surface area contributed by atoms with E-state index in [1.807, 2.05) is 39.5 Å². The van der Waals surface area contributed by atoms with Gasteiger partial charge < -0.3 is 10.2 Å². The summed E-state index contributed by atoms with van der Waals surface area (Å²) < 4.78 is 0. The van der Waals surface area contributed by atoms with Gasteiger partial charge in [-0.1, -0.05) is 39.8 Å². The normalized spacial score (nSPS) is 13.9. The van der Waals surface area contributed by atoms with Crippen LogP contribution in [0, 0.1) is 0 Å². The van der Waals surface area contributed by atoms with Crippen molar-refractivity contribution in [2.24, 2.45) is 0 Å². The molecule has 0 spiro atoms. The second-order valence-corrected chi connectivity index (χ2v) is 4.26. The van der Waals surface area contributed by atoms with E-state index >= 15 is 0 Å². The smallest absolute Gasteiger partial charge is 0.0505 e. The molecule has 1 N–H and O–H groups in total. The predicted molar refractivity (Wildman–Crippen MR) is 86.0 cm³/mol. The number of benzene rings is 1. The van der Waals surface area contributed by atoms with Gasteiger partial charge in [-0.25, -0.2) is 0 Å². The second kappa shape index (κ2) is 11.4. The van der Waals surface area contributed by atoms with Gasteiger partial charge in [-0.05, 0) is 18.4 Å². The summed E-state index contributed by atoms with van der Waals surface area (Å²) in [4.78, 5) is 3.84. The van der Waals surface area contributed by atoms with Crippen LogP contribution in [0.1, 0.15) is 27.7 Å². The third-order valence-corrected chi connectivity index (χ3v) is 3.33. The highest BCUT2D eigenvalue weighted by Gasteiger charge is 2.12. The number of rotatable bonds is 2. The standard InChI is InChI=1S/C11H16N2S.2C2H6/c1-14-11-5-3-2-4-10(11)13-8-6-12-7-9-13;2*1-2/h2-5,12H,6-9H2,1H3;2*1-2H3. The molecule has 0 amide bonds. The van der Waals surface area contributed by atoms with Gasteiger partial charge in [-0.3, -0.25) is 0 Å². The van der Waals surface area contributed by atoms with E-state index < -0.39 is 0 Å². The van der Waals surface area contributed by atoms with Crippen molar-refractivity contribution in [1.82, 2.24) is 5.32 Å². The Morgan fingerprint density at radius 2 is 1.56 bits per heavy atom. The quantitative estimate of drug-likeness (QED) is 0.820. The molecule has 0 bridgehead atoms. The number of hydrogen-bond donors (Lipinski definition) is 1. The van der Waals surface area contributed by atoms with Gasteiger partial charge in [0.1, 0.15) is 0 Å². The molecule has 1 aromatic carbocycles. The van der Waals surface area contributed by atoms with Crippen LogP contribution in [0.4, 0.5) is 5.69 Å². The average molecular weight is 268 g/mol. The highest BCUT2D eigenvalue weighted by molar-refractivity contribution is 7.98. The molecule has 1 fully saturated rings. The highest BCUT2D eigenvalue weighted by Crippen LogP contribution is 2.28. The first-order valence-corrected chi connectivity index (χ1v) is 8.23. The lowest BCUT2D eigenvalue weighted by Gasteiger charge is -2.30. The number of para-hydroxylation sites is 1. The molecule has 0 atom stereocenters. The van der Waals surface area contributed by atoms with E-state index in [-0.39, 0.29) is 0 Å². The molecule has 1 aliphatic rings. The Hall–Kier alpha value is -0.670. The third kappa shape index (κ3) is 5.32. The lowest BCUT2D eigenvalue weighted by molar-refractivity contribution is 0.587. The summed E-state index contributed by atoms with van der Waals surface area (Å²) in [5.74, 6) is 0. The van der Waals surface area contributed by atoms with Gasteiger partial charge in [0.05, 0.1) is 5.69 Å². The molecule has 18 heavy (non-hydrogen) atoms. The van der Waals surface area contributed by atoms with Crippen LogP contribution in [0.2, 0.25) is 0 Å². The van der Waals surface area contributed by atoms with Gasteiger partial charge >= 0.3 is 0 Å². The monoisotopic (exact) mass is 268 g/mol. The topological polar surface area (TPSA) is 15.3 Å².